The summed E-state index contributed by atoms with van der Waals surface area (Å²) in [5.74, 6) is 2.66. The first-order valence-corrected chi connectivity index (χ1v) is 7.57. The number of hydrogen-bond acceptors (Lipinski definition) is 3. The van der Waals surface area contributed by atoms with Crippen molar-refractivity contribution in [1.29, 1.82) is 0 Å². The zero-order valence-corrected chi connectivity index (χ0v) is 13.7. The molecule has 0 aliphatic carbocycles. The van der Waals surface area contributed by atoms with Crippen LogP contribution >= 0.6 is 15.9 Å². The molecule has 0 fully saturated rings. The second kappa shape index (κ2) is 6.95. The molecule has 20 heavy (non-hydrogen) atoms. The van der Waals surface area contributed by atoms with Gasteiger partial charge >= 0.3 is 0 Å². The third-order valence-corrected chi connectivity index (χ3v) is 3.68. The molecular weight excluding hydrogens is 318 g/mol. The lowest BCUT2D eigenvalue weighted by Gasteiger charge is -2.07. The molecule has 0 radical (unpaired) electrons. The highest BCUT2D eigenvalue weighted by atomic mass is 79.9. The Morgan fingerprint density at radius 1 is 1.25 bits per heavy atom. The fourth-order valence-corrected chi connectivity index (χ4v) is 2.55. The van der Waals surface area contributed by atoms with Gasteiger partial charge in [-0.15, -0.1) is 0 Å². The van der Waals surface area contributed by atoms with E-state index in [4.69, 9.17) is 9.15 Å². The molecular formula is C16H20BrNO2. The van der Waals surface area contributed by atoms with Crippen LogP contribution in [0.2, 0.25) is 0 Å². The van der Waals surface area contributed by atoms with Crippen molar-refractivity contribution < 1.29 is 9.15 Å². The predicted molar refractivity (Wildman–Crippen MR) is 84.0 cm³/mol. The summed E-state index contributed by atoms with van der Waals surface area (Å²) in [6.07, 6.45) is 0. The molecule has 0 spiro atoms. The van der Waals surface area contributed by atoms with Crippen LogP contribution in [0.4, 0.5) is 0 Å². The quantitative estimate of drug-likeness (QED) is 0.850. The van der Waals surface area contributed by atoms with Gasteiger partial charge in [0.25, 0.3) is 0 Å². The normalized spacial score (nSPS) is 10.8. The van der Waals surface area contributed by atoms with Crippen LogP contribution < -0.4 is 10.1 Å². The molecule has 108 valence electrons. The van der Waals surface area contributed by atoms with Gasteiger partial charge in [-0.05, 0) is 65.6 Å². The van der Waals surface area contributed by atoms with Gasteiger partial charge in [-0.3, -0.25) is 0 Å². The molecule has 1 heterocycles. The van der Waals surface area contributed by atoms with E-state index in [9.17, 15) is 0 Å². The standard InChI is InChI=1S/C16H20BrNO2/c1-4-18-9-16-12(3)8-13(20-16)10-19-15-6-5-11(2)7-14(15)17/h5-8,18H,4,9-10H2,1-3H3. The van der Waals surface area contributed by atoms with Gasteiger partial charge in [-0.25, -0.2) is 0 Å². The van der Waals surface area contributed by atoms with Crippen molar-refractivity contribution in [3.8, 4) is 5.75 Å². The number of nitrogens with one attached hydrogen (secondary N) is 1. The van der Waals surface area contributed by atoms with Crippen LogP contribution in [0.5, 0.6) is 5.75 Å². The zero-order chi connectivity index (χ0) is 14.5. The van der Waals surface area contributed by atoms with E-state index in [0.29, 0.717) is 6.61 Å². The van der Waals surface area contributed by atoms with Gasteiger partial charge in [0, 0.05) is 0 Å². The Kier molecular flexibility index (Phi) is 5.26. The van der Waals surface area contributed by atoms with Crippen LogP contribution in [0.3, 0.4) is 0 Å². The third-order valence-electron chi connectivity index (χ3n) is 3.06. The molecule has 2 rings (SSSR count). The number of ether oxygens (including phenoxy) is 1. The molecule has 0 atom stereocenters. The zero-order valence-electron chi connectivity index (χ0n) is 12.1. The Balaban J connectivity index is 2.00. The molecule has 2 aromatic rings. The smallest absolute Gasteiger partial charge is 0.146 e. The summed E-state index contributed by atoms with van der Waals surface area (Å²) < 4.78 is 12.6. The van der Waals surface area contributed by atoms with Gasteiger partial charge in [-0.1, -0.05) is 13.0 Å². The Morgan fingerprint density at radius 2 is 2.05 bits per heavy atom. The molecule has 0 aliphatic rings. The fraction of sp³-hybridized carbons (Fsp3) is 0.375. The highest BCUT2D eigenvalue weighted by Crippen LogP contribution is 2.27. The van der Waals surface area contributed by atoms with Crippen LogP contribution in [-0.4, -0.2) is 6.54 Å². The van der Waals surface area contributed by atoms with E-state index in [1.807, 2.05) is 24.3 Å². The van der Waals surface area contributed by atoms with Crippen molar-refractivity contribution in [2.45, 2.75) is 33.9 Å². The molecule has 0 amide bonds. The van der Waals surface area contributed by atoms with Crippen LogP contribution in [-0.2, 0) is 13.2 Å². The second-order valence-electron chi connectivity index (χ2n) is 4.82. The Morgan fingerprint density at radius 3 is 2.75 bits per heavy atom. The summed E-state index contributed by atoms with van der Waals surface area (Å²) in [5, 5.41) is 3.27. The average molecular weight is 338 g/mol. The molecule has 0 saturated carbocycles. The minimum absolute atomic E-state index is 0.439. The Labute approximate surface area is 128 Å². The summed E-state index contributed by atoms with van der Waals surface area (Å²) >= 11 is 3.51. The summed E-state index contributed by atoms with van der Waals surface area (Å²) in [6, 6.07) is 8.08. The van der Waals surface area contributed by atoms with E-state index in [2.05, 4.69) is 42.0 Å². The van der Waals surface area contributed by atoms with E-state index in [1.165, 1.54) is 5.56 Å². The van der Waals surface area contributed by atoms with E-state index in [-0.39, 0.29) is 0 Å². The van der Waals surface area contributed by atoms with Gasteiger partial charge in [0.05, 0.1) is 11.0 Å². The summed E-state index contributed by atoms with van der Waals surface area (Å²) in [4.78, 5) is 0. The molecule has 1 aromatic carbocycles. The third kappa shape index (κ3) is 3.87. The fourth-order valence-electron chi connectivity index (χ4n) is 1.95. The van der Waals surface area contributed by atoms with Gasteiger partial charge in [0.1, 0.15) is 23.9 Å². The molecule has 4 heteroatoms. The molecule has 0 unspecified atom stereocenters. The predicted octanol–water partition coefficient (Wildman–Crippen LogP) is 4.35. The van der Waals surface area contributed by atoms with Crippen LogP contribution in [0.25, 0.3) is 0 Å². The van der Waals surface area contributed by atoms with E-state index in [1.54, 1.807) is 0 Å². The lowest BCUT2D eigenvalue weighted by molar-refractivity contribution is 0.263. The maximum absolute atomic E-state index is 5.80. The monoisotopic (exact) mass is 337 g/mol. The SMILES string of the molecule is CCNCc1oc(COc2ccc(C)cc2Br)cc1C. The van der Waals surface area contributed by atoms with Gasteiger partial charge in [0.2, 0.25) is 0 Å². The first-order valence-electron chi connectivity index (χ1n) is 6.78. The van der Waals surface area contributed by atoms with Crippen molar-refractivity contribution in [2.75, 3.05) is 6.54 Å². The number of benzene rings is 1. The summed E-state index contributed by atoms with van der Waals surface area (Å²) in [6.45, 7) is 8.32. The number of halogens is 1. The largest absolute Gasteiger partial charge is 0.484 e. The molecule has 0 aliphatic heterocycles. The maximum atomic E-state index is 5.80. The summed E-state index contributed by atoms with van der Waals surface area (Å²) in [5.41, 5.74) is 2.36. The van der Waals surface area contributed by atoms with E-state index >= 15 is 0 Å². The van der Waals surface area contributed by atoms with Crippen molar-refractivity contribution in [2.24, 2.45) is 0 Å². The topological polar surface area (TPSA) is 34.4 Å². The summed E-state index contributed by atoms with van der Waals surface area (Å²) in [7, 11) is 0. The number of aryl methyl sites for hydroxylation is 2. The van der Waals surface area contributed by atoms with Gasteiger partial charge in [0.15, 0.2) is 0 Å². The molecule has 0 bridgehead atoms. The molecule has 0 saturated heterocycles. The molecule has 1 aromatic heterocycles. The lowest BCUT2D eigenvalue weighted by Crippen LogP contribution is -2.11. The van der Waals surface area contributed by atoms with Crippen molar-refractivity contribution in [3.63, 3.8) is 0 Å². The van der Waals surface area contributed by atoms with Crippen molar-refractivity contribution in [3.05, 3.63) is 51.4 Å². The Hall–Kier alpha value is -1.26. The van der Waals surface area contributed by atoms with Crippen LogP contribution in [0, 0.1) is 13.8 Å². The van der Waals surface area contributed by atoms with Gasteiger partial charge < -0.3 is 14.5 Å². The lowest BCUT2D eigenvalue weighted by atomic mass is 10.2. The van der Waals surface area contributed by atoms with E-state index < -0.39 is 0 Å². The maximum Gasteiger partial charge on any atom is 0.146 e. The Bertz CT molecular complexity index is 578. The highest BCUT2D eigenvalue weighted by molar-refractivity contribution is 9.10. The minimum Gasteiger partial charge on any atom is -0.484 e. The van der Waals surface area contributed by atoms with Crippen LogP contribution in [0.15, 0.2) is 33.2 Å². The minimum atomic E-state index is 0.439. The highest BCUT2D eigenvalue weighted by Gasteiger charge is 2.09. The van der Waals surface area contributed by atoms with E-state index in [0.717, 1.165) is 40.4 Å². The van der Waals surface area contributed by atoms with Crippen molar-refractivity contribution in [1.82, 2.24) is 5.32 Å². The van der Waals surface area contributed by atoms with Gasteiger partial charge in [-0.2, -0.15) is 0 Å². The molecule has 1 N–H and O–H groups in total. The number of rotatable bonds is 6. The number of hydrogen-bond donors (Lipinski definition) is 1. The second-order valence-corrected chi connectivity index (χ2v) is 5.68. The molecule has 3 nitrogen and oxygen atoms in total. The van der Waals surface area contributed by atoms with Crippen LogP contribution in [0.1, 0.15) is 29.6 Å². The van der Waals surface area contributed by atoms with Crippen molar-refractivity contribution >= 4 is 15.9 Å². The first-order chi connectivity index (χ1) is 9.60. The first kappa shape index (κ1) is 15.1. The number of furan rings is 1. The average Bonchev–Trinajstić information content (AvgIpc) is 2.76.